The van der Waals surface area contributed by atoms with E-state index in [1.807, 2.05) is 6.07 Å². The van der Waals surface area contributed by atoms with E-state index < -0.39 is 11.9 Å². The van der Waals surface area contributed by atoms with Gasteiger partial charge in [-0.05, 0) is 19.1 Å². The summed E-state index contributed by atoms with van der Waals surface area (Å²) in [5.74, 6) is -1.63. The topological polar surface area (TPSA) is 66.2 Å². The van der Waals surface area contributed by atoms with E-state index in [4.69, 9.17) is 9.47 Å². The first-order chi connectivity index (χ1) is 10.1. The van der Waals surface area contributed by atoms with Crippen molar-refractivity contribution in [2.45, 2.75) is 13.0 Å². The average molecular weight is 293 g/mol. The number of esters is 1. The van der Waals surface area contributed by atoms with Crippen molar-refractivity contribution in [3.63, 3.8) is 0 Å². The predicted octanol–water partition coefficient (Wildman–Crippen LogP) is 1.83. The summed E-state index contributed by atoms with van der Waals surface area (Å²) >= 11 is 0. The Balaban J connectivity index is 2.23. The van der Waals surface area contributed by atoms with Gasteiger partial charge in [-0.15, -0.1) is 0 Å². The van der Waals surface area contributed by atoms with Crippen LogP contribution in [0.25, 0.3) is 0 Å². The lowest BCUT2D eigenvalue weighted by Crippen LogP contribution is -2.19. The van der Waals surface area contributed by atoms with Crippen molar-refractivity contribution >= 4 is 5.97 Å². The second-order valence-electron chi connectivity index (χ2n) is 4.35. The van der Waals surface area contributed by atoms with E-state index in [0.717, 1.165) is 0 Å². The molecule has 2 aromatic rings. The number of methoxy groups -OCH3 is 1. The molecule has 0 spiro atoms. The third-order valence-corrected chi connectivity index (χ3v) is 3.00. The van der Waals surface area contributed by atoms with Gasteiger partial charge in [0.1, 0.15) is 6.61 Å². The molecule has 2 aromatic heterocycles. The van der Waals surface area contributed by atoms with Crippen LogP contribution in [0.2, 0.25) is 0 Å². The summed E-state index contributed by atoms with van der Waals surface area (Å²) in [5, 5.41) is 0. The molecule has 1 atom stereocenters. The van der Waals surface area contributed by atoms with Crippen molar-refractivity contribution in [3.8, 4) is 0 Å². The van der Waals surface area contributed by atoms with Gasteiger partial charge in [-0.25, -0.2) is 9.78 Å². The lowest BCUT2D eigenvalue weighted by atomic mass is 10.2. The minimum atomic E-state index is -0.861. The van der Waals surface area contributed by atoms with Crippen LogP contribution < -0.4 is 0 Å². The number of aromatic nitrogens is 3. The summed E-state index contributed by atoms with van der Waals surface area (Å²) < 4.78 is 24.9. The first-order valence-corrected chi connectivity index (χ1v) is 6.44. The van der Waals surface area contributed by atoms with Crippen LogP contribution in [0, 0.1) is 5.95 Å². The lowest BCUT2D eigenvalue weighted by molar-refractivity contribution is 0.0369. The quantitative estimate of drug-likeness (QED) is 0.600. The van der Waals surface area contributed by atoms with Gasteiger partial charge in [0, 0.05) is 13.3 Å². The number of imidazole rings is 1. The number of halogens is 1. The van der Waals surface area contributed by atoms with E-state index in [2.05, 4.69) is 9.97 Å². The Morgan fingerprint density at radius 3 is 2.86 bits per heavy atom. The van der Waals surface area contributed by atoms with Crippen LogP contribution in [-0.2, 0) is 9.47 Å². The zero-order valence-electron chi connectivity index (χ0n) is 11.8. The van der Waals surface area contributed by atoms with Gasteiger partial charge in [0.05, 0.1) is 24.7 Å². The van der Waals surface area contributed by atoms with Crippen molar-refractivity contribution in [1.82, 2.24) is 14.5 Å². The van der Waals surface area contributed by atoms with Gasteiger partial charge >= 0.3 is 5.97 Å². The second-order valence-corrected chi connectivity index (χ2v) is 4.35. The largest absolute Gasteiger partial charge is 0.458 e. The molecule has 0 radical (unpaired) electrons. The maximum absolute atomic E-state index is 13.8. The molecule has 21 heavy (non-hydrogen) atoms. The highest BCUT2D eigenvalue weighted by Crippen LogP contribution is 2.19. The van der Waals surface area contributed by atoms with Crippen LogP contribution in [-0.4, -0.2) is 40.8 Å². The van der Waals surface area contributed by atoms with Gasteiger partial charge in [-0.1, -0.05) is 6.07 Å². The normalized spacial score (nSPS) is 12.1. The molecule has 0 fully saturated rings. The first kappa shape index (κ1) is 15.1. The standard InChI is InChI=1S/C14H16FN3O3/c1-10(11-5-3-4-6-16-11)18-9-17-13(15)12(18)14(19)21-8-7-20-2/h3-6,9-10H,7-8H2,1-2H3/t10-/m1/s1. The fourth-order valence-electron chi connectivity index (χ4n) is 1.87. The predicted molar refractivity (Wildman–Crippen MR) is 72.4 cm³/mol. The van der Waals surface area contributed by atoms with Crippen LogP contribution in [0.1, 0.15) is 29.1 Å². The van der Waals surface area contributed by atoms with Gasteiger partial charge in [0.15, 0.2) is 5.69 Å². The van der Waals surface area contributed by atoms with E-state index in [1.165, 1.54) is 18.0 Å². The molecule has 0 aliphatic carbocycles. The van der Waals surface area contributed by atoms with E-state index in [9.17, 15) is 9.18 Å². The Morgan fingerprint density at radius 2 is 2.19 bits per heavy atom. The smallest absolute Gasteiger partial charge is 0.359 e. The van der Waals surface area contributed by atoms with Crippen LogP contribution in [0.15, 0.2) is 30.7 Å². The molecule has 0 aromatic carbocycles. The van der Waals surface area contributed by atoms with E-state index in [1.54, 1.807) is 25.3 Å². The molecule has 2 heterocycles. The summed E-state index contributed by atoms with van der Waals surface area (Å²) in [6, 6.07) is 5.06. The van der Waals surface area contributed by atoms with E-state index >= 15 is 0 Å². The van der Waals surface area contributed by atoms with Crippen molar-refractivity contribution < 1.29 is 18.7 Å². The third-order valence-electron chi connectivity index (χ3n) is 3.00. The van der Waals surface area contributed by atoms with E-state index in [-0.39, 0.29) is 24.9 Å². The number of rotatable bonds is 6. The average Bonchev–Trinajstić information content (AvgIpc) is 2.89. The molecular formula is C14H16FN3O3. The minimum absolute atomic E-state index is 0.0535. The minimum Gasteiger partial charge on any atom is -0.458 e. The molecule has 6 nitrogen and oxygen atoms in total. The number of hydrogen-bond donors (Lipinski definition) is 0. The zero-order valence-corrected chi connectivity index (χ0v) is 11.8. The number of pyridine rings is 1. The van der Waals surface area contributed by atoms with Gasteiger partial charge in [0.25, 0.3) is 0 Å². The molecule has 0 bridgehead atoms. The summed E-state index contributed by atoms with van der Waals surface area (Å²) in [6.45, 7) is 2.10. The van der Waals surface area contributed by atoms with Crippen LogP contribution >= 0.6 is 0 Å². The summed E-state index contributed by atoms with van der Waals surface area (Å²) in [5.41, 5.74) is 0.477. The summed E-state index contributed by atoms with van der Waals surface area (Å²) in [6.07, 6.45) is 2.90. The Labute approximate surface area is 121 Å². The molecule has 112 valence electrons. The molecule has 0 N–H and O–H groups in total. The second kappa shape index (κ2) is 6.94. The highest BCUT2D eigenvalue weighted by Gasteiger charge is 2.24. The molecule has 0 aliphatic rings. The Morgan fingerprint density at radius 1 is 1.38 bits per heavy atom. The van der Waals surface area contributed by atoms with Crippen LogP contribution in [0.5, 0.6) is 0 Å². The Hall–Kier alpha value is -2.28. The fourth-order valence-corrected chi connectivity index (χ4v) is 1.87. The van der Waals surface area contributed by atoms with Gasteiger partial charge < -0.3 is 14.0 Å². The number of hydrogen-bond acceptors (Lipinski definition) is 5. The summed E-state index contributed by atoms with van der Waals surface area (Å²) in [7, 11) is 1.49. The van der Waals surface area contributed by atoms with Crippen molar-refractivity contribution in [1.29, 1.82) is 0 Å². The van der Waals surface area contributed by atoms with Crippen molar-refractivity contribution in [2.75, 3.05) is 20.3 Å². The van der Waals surface area contributed by atoms with Crippen LogP contribution in [0.4, 0.5) is 4.39 Å². The monoisotopic (exact) mass is 293 g/mol. The molecule has 0 saturated heterocycles. The molecule has 0 saturated carbocycles. The SMILES string of the molecule is COCCOC(=O)c1c(F)ncn1[C@H](C)c1ccccn1. The maximum Gasteiger partial charge on any atom is 0.359 e. The van der Waals surface area contributed by atoms with Gasteiger partial charge in [0.2, 0.25) is 5.95 Å². The zero-order chi connectivity index (χ0) is 15.2. The molecular weight excluding hydrogens is 277 g/mol. The lowest BCUT2D eigenvalue weighted by Gasteiger charge is -2.15. The molecule has 7 heteroatoms. The molecule has 0 aliphatic heterocycles. The number of carbonyl (C=O) groups is 1. The van der Waals surface area contributed by atoms with Crippen molar-refractivity contribution in [2.24, 2.45) is 0 Å². The first-order valence-electron chi connectivity index (χ1n) is 6.44. The highest BCUT2D eigenvalue weighted by molar-refractivity contribution is 5.87. The Kier molecular flexibility index (Phi) is 4.99. The number of nitrogens with zero attached hydrogens (tertiary/aromatic N) is 3. The van der Waals surface area contributed by atoms with E-state index in [0.29, 0.717) is 5.69 Å². The maximum atomic E-state index is 13.8. The van der Waals surface area contributed by atoms with Crippen molar-refractivity contribution in [3.05, 3.63) is 48.1 Å². The molecule has 2 rings (SSSR count). The Bertz CT molecular complexity index is 601. The number of ether oxygens (including phenoxy) is 2. The molecule has 0 amide bonds. The number of carbonyl (C=O) groups excluding carboxylic acids is 1. The highest BCUT2D eigenvalue weighted by atomic mass is 19.1. The van der Waals surface area contributed by atoms with Gasteiger partial charge in [-0.2, -0.15) is 4.39 Å². The van der Waals surface area contributed by atoms with Crippen LogP contribution in [0.3, 0.4) is 0 Å². The molecule has 0 unspecified atom stereocenters. The summed E-state index contributed by atoms with van der Waals surface area (Å²) in [4.78, 5) is 19.7. The fraction of sp³-hybridized carbons (Fsp3) is 0.357. The third kappa shape index (κ3) is 3.43. The van der Waals surface area contributed by atoms with Gasteiger partial charge in [-0.3, -0.25) is 4.98 Å².